The van der Waals surface area contributed by atoms with Crippen LogP contribution in [-0.4, -0.2) is 26.8 Å². The Bertz CT molecular complexity index is 1450. The van der Waals surface area contributed by atoms with Crippen molar-refractivity contribution in [2.75, 3.05) is 6.54 Å². The Morgan fingerprint density at radius 3 is 2.58 bits per heavy atom. The normalized spacial score (nSPS) is 11.4. The first-order chi connectivity index (χ1) is 15.2. The van der Waals surface area contributed by atoms with E-state index in [2.05, 4.69) is 27.3 Å². The minimum Gasteiger partial charge on any atom is -0.507 e. The minimum atomic E-state index is -0.158. The van der Waals surface area contributed by atoms with Crippen LogP contribution >= 0.6 is 0 Å². The quantitative estimate of drug-likeness (QED) is 0.323. The third kappa shape index (κ3) is 3.27. The van der Waals surface area contributed by atoms with E-state index in [1.54, 1.807) is 24.5 Å². The SMILES string of the molecule is NCCCc1cc2c(-c3ccccc3O)c[nH]c(=O)c2c2cc(-c3cn[nH]c3)ccc12. The Hall–Kier alpha value is -3.90. The number of fused-ring (bicyclic) bond motifs is 3. The standard InChI is InChI=1S/C25H22N4O2/c26-9-3-4-16-11-21-22(19-5-1-2-6-23(19)30)14-27-25(31)24(21)20-10-15(7-8-18(16)20)17-12-28-29-13-17/h1-2,5-8,10-14,30H,3-4,9,26H2,(H,27,31)(H,28,29). The summed E-state index contributed by atoms with van der Waals surface area (Å²) in [5.74, 6) is 0.173. The third-order valence-corrected chi connectivity index (χ3v) is 5.76. The monoisotopic (exact) mass is 410 g/mol. The van der Waals surface area contributed by atoms with Crippen molar-refractivity contribution in [3.63, 3.8) is 0 Å². The molecule has 5 rings (SSSR count). The molecule has 0 aliphatic heterocycles. The summed E-state index contributed by atoms with van der Waals surface area (Å²) in [5.41, 5.74) is 10.2. The number of aromatic nitrogens is 3. The lowest BCUT2D eigenvalue weighted by Gasteiger charge is -2.14. The first-order valence-electron chi connectivity index (χ1n) is 10.3. The van der Waals surface area contributed by atoms with Crippen LogP contribution < -0.4 is 11.3 Å². The molecule has 0 fully saturated rings. The number of hydrogen-bond donors (Lipinski definition) is 4. The van der Waals surface area contributed by atoms with Crippen molar-refractivity contribution < 1.29 is 5.11 Å². The number of aromatic amines is 2. The maximum atomic E-state index is 13.0. The largest absolute Gasteiger partial charge is 0.507 e. The number of para-hydroxylation sites is 1. The smallest absolute Gasteiger partial charge is 0.256 e. The molecule has 31 heavy (non-hydrogen) atoms. The molecule has 0 spiro atoms. The van der Waals surface area contributed by atoms with E-state index in [1.165, 1.54) is 0 Å². The third-order valence-electron chi connectivity index (χ3n) is 5.76. The molecule has 0 saturated heterocycles. The number of aryl methyl sites for hydroxylation is 1. The molecular formula is C25H22N4O2. The number of phenols is 1. The predicted molar refractivity (Wildman–Crippen MR) is 124 cm³/mol. The lowest BCUT2D eigenvalue weighted by molar-refractivity contribution is 0.477. The van der Waals surface area contributed by atoms with Crippen LogP contribution in [0.25, 0.3) is 43.8 Å². The van der Waals surface area contributed by atoms with Crippen molar-refractivity contribution in [3.8, 4) is 28.0 Å². The first-order valence-corrected chi connectivity index (χ1v) is 10.3. The van der Waals surface area contributed by atoms with Crippen molar-refractivity contribution >= 4 is 21.5 Å². The molecule has 0 aliphatic carbocycles. The van der Waals surface area contributed by atoms with Crippen molar-refractivity contribution in [1.29, 1.82) is 0 Å². The van der Waals surface area contributed by atoms with Gasteiger partial charge in [0, 0.05) is 29.1 Å². The zero-order valence-corrected chi connectivity index (χ0v) is 16.9. The average Bonchev–Trinajstić information content (AvgIpc) is 3.33. The van der Waals surface area contributed by atoms with Crippen LogP contribution in [0.4, 0.5) is 0 Å². The van der Waals surface area contributed by atoms with Gasteiger partial charge < -0.3 is 15.8 Å². The highest BCUT2D eigenvalue weighted by Crippen LogP contribution is 2.37. The molecular weight excluding hydrogens is 388 g/mol. The van der Waals surface area contributed by atoms with Crippen LogP contribution in [0, 0.1) is 0 Å². The second-order valence-electron chi connectivity index (χ2n) is 7.65. The lowest BCUT2D eigenvalue weighted by atomic mass is 9.90. The molecule has 6 nitrogen and oxygen atoms in total. The second kappa shape index (κ2) is 7.74. The Balaban J connectivity index is 1.89. The van der Waals surface area contributed by atoms with E-state index in [9.17, 15) is 9.90 Å². The Labute approximate surface area is 178 Å². The molecule has 0 amide bonds. The van der Waals surface area contributed by atoms with Gasteiger partial charge in [0.2, 0.25) is 0 Å². The molecule has 0 radical (unpaired) electrons. The fourth-order valence-electron chi connectivity index (χ4n) is 4.26. The van der Waals surface area contributed by atoms with E-state index in [1.807, 2.05) is 30.5 Å². The van der Waals surface area contributed by atoms with Crippen molar-refractivity contribution in [3.05, 3.63) is 83.0 Å². The summed E-state index contributed by atoms with van der Waals surface area (Å²) in [4.78, 5) is 15.9. The number of nitrogens with one attached hydrogen (secondary N) is 2. The highest BCUT2D eigenvalue weighted by atomic mass is 16.3. The number of phenolic OH excluding ortho intramolecular Hbond substituents is 1. The second-order valence-corrected chi connectivity index (χ2v) is 7.65. The van der Waals surface area contributed by atoms with Crippen LogP contribution in [0.2, 0.25) is 0 Å². The summed E-state index contributed by atoms with van der Waals surface area (Å²) in [5, 5.41) is 20.7. The van der Waals surface area contributed by atoms with Gasteiger partial charge >= 0.3 is 0 Å². The van der Waals surface area contributed by atoms with Gasteiger partial charge in [-0.2, -0.15) is 5.10 Å². The van der Waals surface area contributed by atoms with Crippen LogP contribution in [0.1, 0.15) is 12.0 Å². The van der Waals surface area contributed by atoms with E-state index < -0.39 is 0 Å². The fraction of sp³-hybridized carbons (Fsp3) is 0.120. The lowest BCUT2D eigenvalue weighted by Crippen LogP contribution is -2.08. The first kappa shape index (κ1) is 19.1. The molecule has 0 atom stereocenters. The van der Waals surface area contributed by atoms with Gasteiger partial charge in [0.25, 0.3) is 5.56 Å². The molecule has 0 unspecified atom stereocenters. The Kier molecular flexibility index (Phi) is 4.76. The highest BCUT2D eigenvalue weighted by molar-refractivity contribution is 6.14. The van der Waals surface area contributed by atoms with Gasteiger partial charge in [0.1, 0.15) is 5.75 Å². The number of nitrogens with zero attached hydrogens (tertiary/aromatic N) is 1. The number of hydrogen-bond acceptors (Lipinski definition) is 4. The number of nitrogens with two attached hydrogens (primary N) is 1. The number of benzene rings is 3. The zero-order chi connectivity index (χ0) is 21.4. The van der Waals surface area contributed by atoms with Gasteiger partial charge in [0.15, 0.2) is 0 Å². The summed E-state index contributed by atoms with van der Waals surface area (Å²) in [6.45, 7) is 0.592. The molecule has 3 aromatic carbocycles. The van der Waals surface area contributed by atoms with E-state index in [-0.39, 0.29) is 11.3 Å². The van der Waals surface area contributed by atoms with Gasteiger partial charge in [-0.3, -0.25) is 9.89 Å². The summed E-state index contributed by atoms with van der Waals surface area (Å²) >= 11 is 0. The summed E-state index contributed by atoms with van der Waals surface area (Å²) < 4.78 is 0. The van der Waals surface area contributed by atoms with Gasteiger partial charge in [-0.1, -0.05) is 30.3 Å². The highest BCUT2D eigenvalue weighted by Gasteiger charge is 2.16. The van der Waals surface area contributed by atoms with Gasteiger partial charge in [-0.05, 0) is 64.9 Å². The molecule has 2 heterocycles. The summed E-state index contributed by atoms with van der Waals surface area (Å²) in [6.07, 6.45) is 6.93. The Morgan fingerprint density at radius 1 is 0.935 bits per heavy atom. The van der Waals surface area contributed by atoms with E-state index in [0.717, 1.165) is 51.3 Å². The minimum absolute atomic E-state index is 0.158. The van der Waals surface area contributed by atoms with Crippen molar-refractivity contribution in [1.82, 2.24) is 15.2 Å². The topological polar surface area (TPSA) is 108 Å². The summed E-state index contributed by atoms with van der Waals surface area (Å²) in [6, 6.07) is 15.4. The predicted octanol–water partition coefficient (Wildman–Crippen LogP) is 4.34. The Morgan fingerprint density at radius 2 is 1.81 bits per heavy atom. The van der Waals surface area contributed by atoms with Gasteiger partial charge in [-0.25, -0.2) is 0 Å². The van der Waals surface area contributed by atoms with E-state index >= 15 is 0 Å². The van der Waals surface area contributed by atoms with Crippen LogP contribution in [0.5, 0.6) is 5.75 Å². The number of H-pyrrole nitrogens is 2. The zero-order valence-electron chi connectivity index (χ0n) is 16.9. The van der Waals surface area contributed by atoms with Crippen LogP contribution in [0.3, 0.4) is 0 Å². The van der Waals surface area contributed by atoms with Gasteiger partial charge in [-0.15, -0.1) is 0 Å². The molecule has 2 aromatic heterocycles. The van der Waals surface area contributed by atoms with Crippen molar-refractivity contribution in [2.24, 2.45) is 5.73 Å². The van der Waals surface area contributed by atoms with E-state index in [4.69, 9.17) is 5.73 Å². The van der Waals surface area contributed by atoms with Gasteiger partial charge in [0.05, 0.1) is 11.6 Å². The maximum absolute atomic E-state index is 13.0. The molecule has 0 saturated carbocycles. The average molecular weight is 410 g/mol. The number of rotatable bonds is 5. The summed E-state index contributed by atoms with van der Waals surface area (Å²) in [7, 11) is 0. The van der Waals surface area contributed by atoms with Crippen LogP contribution in [0.15, 0.2) is 71.9 Å². The molecule has 5 N–H and O–H groups in total. The molecule has 6 heteroatoms. The van der Waals surface area contributed by atoms with E-state index in [0.29, 0.717) is 17.5 Å². The maximum Gasteiger partial charge on any atom is 0.256 e. The molecule has 5 aromatic rings. The molecule has 0 bridgehead atoms. The molecule has 154 valence electrons. The van der Waals surface area contributed by atoms with Crippen molar-refractivity contribution in [2.45, 2.75) is 12.8 Å². The fourth-order valence-corrected chi connectivity index (χ4v) is 4.26. The number of pyridine rings is 1. The molecule has 0 aliphatic rings. The van der Waals surface area contributed by atoms with Crippen LogP contribution in [-0.2, 0) is 6.42 Å². The number of aromatic hydroxyl groups is 1.